The third kappa shape index (κ3) is 3.58. The highest BCUT2D eigenvalue weighted by Gasteiger charge is 2.53. The van der Waals surface area contributed by atoms with Gasteiger partial charge in [0.05, 0.1) is 6.54 Å². The molecule has 1 atom stereocenters. The minimum atomic E-state index is -1.39. The number of ether oxygens (including phenoxy) is 1. The smallest absolute Gasteiger partial charge is 0.408 e. The fraction of sp³-hybridized carbons (Fsp3) is 0.667. The minimum absolute atomic E-state index is 0.0884. The minimum Gasteiger partial charge on any atom is -0.479 e. The van der Waals surface area contributed by atoms with Gasteiger partial charge < -0.3 is 15.2 Å². The molecule has 1 aliphatic rings. The van der Waals surface area contributed by atoms with Crippen LogP contribution in [-0.2, 0) is 16.1 Å². The first kappa shape index (κ1) is 16.3. The van der Waals surface area contributed by atoms with Gasteiger partial charge in [0.15, 0.2) is 5.54 Å². The summed E-state index contributed by atoms with van der Waals surface area (Å²) in [6, 6.07) is 1.80. The highest BCUT2D eigenvalue weighted by atomic mass is 16.6. The highest BCUT2D eigenvalue weighted by Crippen LogP contribution is 2.41. The number of hydrogen-bond acceptors (Lipinski definition) is 4. The SMILES string of the molecule is Cc1ccnn1CC(NC(=O)OC(C)(C)C)(C(=O)O)C1CC1. The molecule has 1 aliphatic carbocycles. The lowest BCUT2D eigenvalue weighted by molar-refractivity contribution is -0.146. The average Bonchev–Trinajstić information content (AvgIpc) is 3.12. The molecule has 1 aromatic heterocycles. The first-order chi connectivity index (χ1) is 10.1. The van der Waals surface area contributed by atoms with E-state index >= 15 is 0 Å². The van der Waals surface area contributed by atoms with E-state index in [4.69, 9.17) is 4.74 Å². The van der Waals surface area contributed by atoms with Crippen LogP contribution in [0.4, 0.5) is 4.79 Å². The summed E-state index contributed by atoms with van der Waals surface area (Å²) >= 11 is 0. The van der Waals surface area contributed by atoms with Gasteiger partial charge in [0, 0.05) is 11.9 Å². The quantitative estimate of drug-likeness (QED) is 0.867. The molecule has 7 nitrogen and oxygen atoms in total. The third-order valence-electron chi connectivity index (χ3n) is 3.71. The van der Waals surface area contributed by atoms with Crippen molar-refractivity contribution in [1.82, 2.24) is 15.1 Å². The summed E-state index contributed by atoms with van der Waals surface area (Å²) in [4.78, 5) is 24.0. The van der Waals surface area contributed by atoms with Gasteiger partial charge in [-0.3, -0.25) is 4.68 Å². The van der Waals surface area contributed by atoms with Crippen LogP contribution >= 0.6 is 0 Å². The van der Waals surface area contributed by atoms with Crippen LogP contribution in [0.5, 0.6) is 0 Å². The van der Waals surface area contributed by atoms with Gasteiger partial charge in [-0.25, -0.2) is 9.59 Å². The Balaban J connectivity index is 2.24. The highest BCUT2D eigenvalue weighted by molar-refractivity contribution is 5.85. The zero-order valence-corrected chi connectivity index (χ0v) is 13.4. The van der Waals surface area contributed by atoms with Gasteiger partial charge in [-0.05, 0) is 52.5 Å². The third-order valence-corrected chi connectivity index (χ3v) is 3.71. The molecule has 122 valence electrons. The van der Waals surface area contributed by atoms with Crippen LogP contribution in [0.15, 0.2) is 12.3 Å². The molecule has 1 unspecified atom stereocenters. The number of alkyl carbamates (subject to hydrolysis) is 1. The van der Waals surface area contributed by atoms with Crippen LogP contribution in [0.2, 0.25) is 0 Å². The Labute approximate surface area is 129 Å². The molecule has 1 amide bonds. The summed E-state index contributed by atoms with van der Waals surface area (Å²) in [7, 11) is 0. The van der Waals surface area contributed by atoms with Crippen molar-refractivity contribution in [1.29, 1.82) is 0 Å². The molecular formula is C15H23N3O4. The second-order valence-electron chi connectivity index (χ2n) is 6.81. The molecule has 1 saturated carbocycles. The zero-order valence-electron chi connectivity index (χ0n) is 13.4. The summed E-state index contributed by atoms with van der Waals surface area (Å²) in [5.41, 5.74) is -1.23. The Morgan fingerprint density at radius 2 is 2.09 bits per heavy atom. The number of carboxylic acids is 1. The van der Waals surface area contributed by atoms with E-state index in [1.54, 1.807) is 37.7 Å². The first-order valence-electron chi connectivity index (χ1n) is 7.37. The maximum Gasteiger partial charge on any atom is 0.408 e. The Hall–Kier alpha value is -2.05. The molecular weight excluding hydrogens is 286 g/mol. The number of nitrogens with zero attached hydrogens (tertiary/aromatic N) is 2. The van der Waals surface area contributed by atoms with Crippen molar-refractivity contribution in [3.8, 4) is 0 Å². The van der Waals surface area contributed by atoms with Gasteiger partial charge in [-0.1, -0.05) is 0 Å². The molecule has 0 aliphatic heterocycles. The van der Waals surface area contributed by atoms with Crippen LogP contribution in [0.25, 0.3) is 0 Å². The molecule has 1 heterocycles. The number of rotatable bonds is 5. The molecule has 0 saturated heterocycles. The van der Waals surface area contributed by atoms with Gasteiger partial charge in [-0.2, -0.15) is 5.10 Å². The van der Waals surface area contributed by atoms with Crippen molar-refractivity contribution in [2.24, 2.45) is 5.92 Å². The number of nitrogens with one attached hydrogen (secondary N) is 1. The number of carbonyl (C=O) groups is 2. The Kier molecular flexibility index (Phi) is 4.17. The molecule has 0 aromatic carbocycles. The molecule has 1 aromatic rings. The molecule has 2 N–H and O–H groups in total. The Bertz CT molecular complexity index is 572. The topological polar surface area (TPSA) is 93.5 Å². The average molecular weight is 309 g/mol. The Morgan fingerprint density at radius 3 is 2.50 bits per heavy atom. The van der Waals surface area contributed by atoms with Crippen molar-refractivity contribution < 1.29 is 19.4 Å². The van der Waals surface area contributed by atoms with Crippen molar-refractivity contribution in [2.75, 3.05) is 0 Å². The zero-order chi connectivity index (χ0) is 16.5. The summed E-state index contributed by atoms with van der Waals surface area (Å²) in [5, 5.41) is 16.5. The molecule has 22 heavy (non-hydrogen) atoms. The number of aromatic nitrogens is 2. The fourth-order valence-electron chi connectivity index (χ4n) is 2.43. The van der Waals surface area contributed by atoms with Gasteiger partial charge in [0.25, 0.3) is 0 Å². The number of aryl methyl sites for hydroxylation is 1. The van der Waals surface area contributed by atoms with Crippen LogP contribution in [0.3, 0.4) is 0 Å². The number of hydrogen-bond donors (Lipinski definition) is 2. The lowest BCUT2D eigenvalue weighted by atomic mass is 9.93. The summed E-state index contributed by atoms with van der Waals surface area (Å²) in [5.74, 6) is -1.17. The van der Waals surface area contributed by atoms with Crippen molar-refractivity contribution in [3.63, 3.8) is 0 Å². The van der Waals surface area contributed by atoms with E-state index in [0.717, 1.165) is 18.5 Å². The predicted molar refractivity (Wildman–Crippen MR) is 79.4 cm³/mol. The molecule has 2 rings (SSSR count). The van der Waals surface area contributed by atoms with E-state index in [-0.39, 0.29) is 12.5 Å². The molecule has 7 heteroatoms. The van der Waals surface area contributed by atoms with Crippen LogP contribution in [0.1, 0.15) is 39.3 Å². The lowest BCUT2D eigenvalue weighted by Crippen LogP contribution is -2.60. The van der Waals surface area contributed by atoms with E-state index in [2.05, 4.69) is 10.4 Å². The van der Waals surface area contributed by atoms with Crippen molar-refractivity contribution in [3.05, 3.63) is 18.0 Å². The monoisotopic (exact) mass is 309 g/mol. The van der Waals surface area contributed by atoms with Crippen molar-refractivity contribution in [2.45, 2.75) is 58.2 Å². The number of amides is 1. The lowest BCUT2D eigenvalue weighted by Gasteiger charge is -2.32. The predicted octanol–water partition coefficient (Wildman–Crippen LogP) is 1.95. The fourth-order valence-corrected chi connectivity index (χ4v) is 2.43. The van der Waals surface area contributed by atoms with E-state index in [0.29, 0.717) is 0 Å². The van der Waals surface area contributed by atoms with Gasteiger partial charge in [0.1, 0.15) is 5.60 Å². The summed E-state index contributed by atoms with van der Waals surface area (Å²) < 4.78 is 6.83. The van der Waals surface area contributed by atoms with Crippen LogP contribution in [0, 0.1) is 12.8 Å². The standard InChI is InChI=1S/C15H23N3O4/c1-10-7-8-16-18(10)9-15(12(19)20,11-5-6-11)17-13(21)22-14(2,3)4/h7-8,11H,5-6,9H2,1-4H3,(H,17,21)(H,19,20). The van der Waals surface area contributed by atoms with E-state index < -0.39 is 23.2 Å². The van der Waals surface area contributed by atoms with Gasteiger partial charge in [-0.15, -0.1) is 0 Å². The van der Waals surface area contributed by atoms with Crippen LogP contribution in [-0.4, -0.2) is 38.1 Å². The molecule has 1 fully saturated rings. The first-order valence-corrected chi connectivity index (χ1v) is 7.37. The Morgan fingerprint density at radius 1 is 1.45 bits per heavy atom. The van der Waals surface area contributed by atoms with Crippen molar-refractivity contribution >= 4 is 12.1 Å². The van der Waals surface area contributed by atoms with E-state index in [1.807, 2.05) is 6.92 Å². The molecule has 0 bridgehead atoms. The normalized spacial score (nSPS) is 17.6. The second kappa shape index (κ2) is 5.62. The number of aliphatic carboxylic acids is 1. The largest absolute Gasteiger partial charge is 0.479 e. The second-order valence-corrected chi connectivity index (χ2v) is 6.81. The number of carbonyl (C=O) groups excluding carboxylic acids is 1. The number of carboxylic acid groups (broad SMARTS) is 1. The molecule has 0 radical (unpaired) electrons. The molecule has 0 spiro atoms. The van der Waals surface area contributed by atoms with Crippen LogP contribution < -0.4 is 5.32 Å². The van der Waals surface area contributed by atoms with E-state index in [9.17, 15) is 14.7 Å². The van der Waals surface area contributed by atoms with Gasteiger partial charge in [0.2, 0.25) is 0 Å². The van der Waals surface area contributed by atoms with Gasteiger partial charge >= 0.3 is 12.1 Å². The van der Waals surface area contributed by atoms with E-state index in [1.165, 1.54) is 0 Å². The maximum atomic E-state index is 12.1. The summed E-state index contributed by atoms with van der Waals surface area (Å²) in [6.07, 6.45) is 2.43. The maximum absolute atomic E-state index is 12.1. The summed E-state index contributed by atoms with van der Waals surface area (Å²) in [6.45, 7) is 7.16.